The number of hydrogen-bond acceptors (Lipinski definition) is 7. The lowest BCUT2D eigenvalue weighted by Gasteiger charge is -2.09. The van der Waals surface area contributed by atoms with Crippen molar-refractivity contribution in [2.75, 3.05) is 5.32 Å². The van der Waals surface area contributed by atoms with E-state index >= 15 is 0 Å². The molecule has 7 nitrogen and oxygen atoms in total. The molecule has 1 atom stereocenters. The van der Waals surface area contributed by atoms with E-state index in [-0.39, 0.29) is 5.91 Å². The van der Waals surface area contributed by atoms with Gasteiger partial charge in [-0.15, -0.1) is 27.8 Å². The maximum absolute atomic E-state index is 12.3. The van der Waals surface area contributed by atoms with Crippen LogP contribution in [-0.2, 0) is 4.79 Å². The van der Waals surface area contributed by atoms with Crippen LogP contribution in [0.25, 0.3) is 10.7 Å². The molecular weight excluding hydrogens is 366 g/mol. The van der Waals surface area contributed by atoms with Gasteiger partial charge in [0.15, 0.2) is 5.82 Å². The standard InChI is InChI=1S/C14H13N5O2S3/c1-7(12(21)17-13-8(10(15)20)4-6-23-13)24-14-16-11(18-19-14)9-3-2-5-22-9/h2-7H,1H3,(H2,15,20)(H,17,21)(H,16,18,19)/t7-/m0/s1. The largest absolute Gasteiger partial charge is 0.366 e. The Balaban J connectivity index is 1.64. The molecule has 3 aromatic rings. The molecule has 124 valence electrons. The van der Waals surface area contributed by atoms with E-state index in [2.05, 4.69) is 20.5 Å². The minimum absolute atomic E-state index is 0.243. The number of anilines is 1. The quantitative estimate of drug-likeness (QED) is 0.570. The molecule has 0 unspecified atom stereocenters. The van der Waals surface area contributed by atoms with Crippen LogP contribution in [0.15, 0.2) is 34.1 Å². The number of nitrogens with zero attached hydrogens (tertiary/aromatic N) is 2. The van der Waals surface area contributed by atoms with Gasteiger partial charge in [0.05, 0.1) is 15.7 Å². The number of H-pyrrole nitrogens is 1. The summed E-state index contributed by atoms with van der Waals surface area (Å²) < 4.78 is 0. The highest BCUT2D eigenvalue weighted by Gasteiger charge is 2.20. The minimum Gasteiger partial charge on any atom is -0.366 e. The molecule has 4 N–H and O–H groups in total. The van der Waals surface area contributed by atoms with Gasteiger partial charge < -0.3 is 11.1 Å². The summed E-state index contributed by atoms with van der Waals surface area (Å²) in [5.41, 5.74) is 5.58. The van der Waals surface area contributed by atoms with Crippen LogP contribution in [0.4, 0.5) is 5.00 Å². The van der Waals surface area contributed by atoms with Crippen molar-refractivity contribution in [1.82, 2.24) is 15.2 Å². The molecule has 0 aliphatic rings. The molecule has 24 heavy (non-hydrogen) atoms. The number of carbonyl (C=O) groups excluding carboxylic acids is 2. The van der Waals surface area contributed by atoms with Gasteiger partial charge in [-0.25, -0.2) is 4.98 Å². The van der Waals surface area contributed by atoms with E-state index in [1.165, 1.54) is 23.1 Å². The van der Waals surface area contributed by atoms with E-state index in [0.29, 0.717) is 21.5 Å². The number of aromatic amines is 1. The van der Waals surface area contributed by atoms with Crippen molar-refractivity contribution in [3.05, 3.63) is 34.5 Å². The average molecular weight is 379 g/mol. The summed E-state index contributed by atoms with van der Waals surface area (Å²) in [6, 6.07) is 5.46. The maximum Gasteiger partial charge on any atom is 0.251 e. The Morgan fingerprint density at radius 1 is 1.33 bits per heavy atom. The number of thioether (sulfide) groups is 1. The third-order valence-corrected chi connectivity index (χ3v) is 5.71. The zero-order valence-electron chi connectivity index (χ0n) is 12.5. The van der Waals surface area contributed by atoms with Gasteiger partial charge in [0.25, 0.3) is 5.91 Å². The van der Waals surface area contributed by atoms with Crippen LogP contribution in [0.1, 0.15) is 17.3 Å². The predicted molar refractivity (Wildman–Crippen MR) is 96.5 cm³/mol. The molecule has 0 saturated heterocycles. The molecule has 0 bridgehead atoms. The van der Waals surface area contributed by atoms with E-state index in [4.69, 9.17) is 5.73 Å². The summed E-state index contributed by atoms with van der Waals surface area (Å²) in [5, 5.41) is 13.9. The highest BCUT2D eigenvalue weighted by molar-refractivity contribution is 8.00. The number of primary amides is 1. The number of thiophene rings is 2. The van der Waals surface area contributed by atoms with Crippen LogP contribution in [0.2, 0.25) is 0 Å². The molecule has 0 radical (unpaired) electrons. The smallest absolute Gasteiger partial charge is 0.251 e. The molecule has 3 aromatic heterocycles. The Hall–Kier alpha value is -2.17. The van der Waals surface area contributed by atoms with Gasteiger partial charge in [0.2, 0.25) is 11.1 Å². The fourth-order valence-electron chi connectivity index (χ4n) is 1.85. The zero-order chi connectivity index (χ0) is 17.1. The molecule has 3 heterocycles. The summed E-state index contributed by atoms with van der Waals surface area (Å²) in [6.45, 7) is 1.75. The van der Waals surface area contributed by atoms with Crippen LogP contribution in [-0.4, -0.2) is 32.2 Å². The summed E-state index contributed by atoms with van der Waals surface area (Å²) in [5.74, 6) is -0.136. The fraction of sp³-hybridized carbons (Fsp3) is 0.143. The van der Waals surface area contributed by atoms with Crippen molar-refractivity contribution in [1.29, 1.82) is 0 Å². The number of rotatable bonds is 6. The van der Waals surface area contributed by atoms with Crippen LogP contribution >= 0.6 is 34.4 Å². The minimum atomic E-state index is -0.568. The average Bonchev–Trinajstić information content (AvgIpc) is 3.28. The summed E-state index contributed by atoms with van der Waals surface area (Å²) in [7, 11) is 0. The molecule has 0 aromatic carbocycles. The van der Waals surface area contributed by atoms with Gasteiger partial charge in [-0.05, 0) is 29.8 Å². The SMILES string of the molecule is C[C@H](Sc1n[nH]c(-c2cccs2)n1)C(=O)Nc1sccc1C(N)=O. The van der Waals surface area contributed by atoms with Gasteiger partial charge in [-0.2, -0.15) is 0 Å². The Morgan fingerprint density at radius 3 is 2.88 bits per heavy atom. The van der Waals surface area contributed by atoms with E-state index in [1.807, 2.05) is 17.5 Å². The highest BCUT2D eigenvalue weighted by atomic mass is 32.2. The molecule has 2 amide bonds. The number of amides is 2. The van der Waals surface area contributed by atoms with Gasteiger partial charge in [-0.1, -0.05) is 17.8 Å². The van der Waals surface area contributed by atoms with E-state index in [9.17, 15) is 9.59 Å². The lowest BCUT2D eigenvalue weighted by atomic mass is 10.3. The lowest BCUT2D eigenvalue weighted by Crippen LogP contribution is -2.23. The van der Waals surface area contributed by atoms with Crippen molar-refractivity contribution in [3.63, 3.8) is 0 Å². The molecule has 0 spiro atoms. The van der Waals surface area contributed by atoms with Crippen molar-refractivity contribution < 1.29 is 9.59 Å². The van der Waals surface area contributed by atoms with Crippen molar-refractivity contribution in [2.45, 2.75) is 17.3 Å². The Labute approximate surface area is 149 Å². The molecule has 10 heteroatoms. The second-order valence-corrected chi connectivity index (χ2v) is 7.89. The third kappa shape index (κ3) is 3.66. The second-order valence-electron chi connectivity index (χ2n) is 4.72. The fourth-order valence-corrected chi connectivity index (χ4v) is 4.03. The second kappa shape index (κ2) is 7.16. The van der Waals surface area contributed by atoms with Crippen LogP contribution in [0.5, 0.6) is 0 Å². The Morgan fingerprint density at radius 2 is 2.17 bits per heavy atom. The predicted octanol–water partition coefficient (Wildman–Crippen LogP) is 2.81. The highest BCUT2D eigenvalue weighted by Crippen LogP contribution is 2.27. The zero-order valence-corrected chi connectivity index (χ0v) is 14.9. The molecular formula is C14H13N5O2S3. The first kappa shape index (κ1) is 16.7. The van der Waals surface area contributed by atoms with Gasteiger partial charge in [0, 0.05) is 0 Å². The van der Waals surface area contributed by atoms with Crippen LogP contribution in [0.3, 0.4) is 0 Å². The van der Waals surface area contributed by atoms with Gasteiger partial charge in [-0.3, -0.25) is 14.7 Å². The third-order valence-electron chi connectivity index (χ3n) is 3.04. The Bertz CT molecular complexity index is 856. The van der Waals surface area contributed by atoms with Gasteiger partial charge >= 0.3 is 0 Å². The normalized spacial score (nSPS) is 12.0. The number of carbonyl (C=O) groups is 2. The number of nitrogens with one attached hydrogen (secondary N) is 2. The molecule has 0 aliphatic heterocycles. The van der Waals surface area contributed by atoms with Gasteiger partial charge in [0.1, 0.15) is 5.00 Å². The number of hydrogen-bond donors (Lipinski definition) is 3. The van der Waals surface area contributed by atoms with E-state index in [1.54, 1.807) is 29.7 Å². The van der Waals surface area contributed by atoms with Crippen molar-refractivity contribution in [3.8, 4) is 10.7 Å². The summed E-state index contributed by atoms with van der Waals surface area (Å²) >= 11 is 4.04. The monoisotopic (exact) mass is 379 g/mol. The van der Waals surface area contributed by atoms with Crippen LogP contribution < -0.4 is 11.1 Å². The number of aromatic nitrogens is 3. The summed E-state index contributed by atoms with van der Waals surface area (Å²) in [4.78, 5) is 28.9. The number of nitrogens with two attached hydrogens (primary N) is 1. The molecule has 0 fully saturated rings. The molecule has 3 rings (SSSR count). The first-order valence-corrected chi connectivity index (χ1v) is 9.49. The maximum atomic E-state index is 12.3. The van der Waals surface area contributed by atoms with E-state index < -0.39 is 11.2 Å². The Kier molecular flexibility index (Phi) is 4.97. The lowest BCUT2D eigenvalue weighted by molar-refractivity contribution is -0.115. The van der Waals surface area contributed by atoms with Crippen LogP contribution in [0, 0.1) is 0 Å². The van der Waals surface area contributed by atoms with Crippen molar-refractivity contribution >= 4 is 51.3 Å². The first-order chi connectivity index (χ1) is 11.5. The first-order valence-electron chi connectivity index (χ1n) is 6.85. The van der Waals surface area contributed by atoms with Crippen molar-refractivity contribution in [2.24, 2.45) is 5.73 Å². The molecule has 0 saturated carbocycles. The van der Waals surface area contributed by atoms with E-state index in [0.717, 1.165) is 4.88 Å². The topological polar surface area (TPSA) is 114 Å². The molecule has 0 aliphatic carbocycles. The summed E-state index contributed by atoms with van der Waals surface area (Å²) in [6.07, 6.45) is 0.